The highest BCUT2D eigenvalue weighted by molar-refractivity contribution is 7.98. The first-order valence-electron chi connectivity index (χ1n) is 9.26. The summed E-state index contributed by atoms with van der Waals surface area (Å²) in [6.07, 6.45) is 3.26. The topological polar surface area (TPSA) is 73.9 Å². The van der Waals surface area contributed by atoms with Gasteiger partial charge in [-0.15, -0.1) is 11.8 Å². The molecule has 3 rings (SSSR count). The number of amides is 1. The van der Waals surface area contributed by atoms with Crippen LogP contribution in [-0.2, 0) is 11.2 Å². The second-order valence-electron chi connectivity index (χ2n) is 6.75. The second-order valence-corrected chi connectivity index (χ2v) is 7.60. The summed E-state index contributed by atoms with van der Waals surface area (Å²) in [5.74, 6) is 1.51. The van der Waals surface area contributed by atoms with Gasteiger partial charge in [-0.25, -0.2) is 0 Å². The molecule has 29 heavy (non-hydrogen) atoms. The molecule has 0 saturated heterocycles. The third kappa shape index (κ3) is 3.92. The lowest BCUT2D eigenvalue weighted by Gasteiger charge is -2.20. The summed E-state index contributed by atoms with van der Waals surface area (Å²) < 4.78 is 16.8. The van der Waals surface area contributed by atoms with Crippen LogP contribution in [0.5, 0.6) is 17.2 Å². The van der Waals surface area contributed by atoms with Gasteiger partial charge in [0.1, 0.15) is 0 Å². The van der Waals surface area contributed by atoms with Crippen LogP contribution in [0.2, 0.25) is 0 Å². The average Bonchev–Trinajstić information content (AvgIpc) is 2.95. The number of fused-ring (bicyclic) bond motifs is 3. The molecule has 0 fully saturated rings. The van der Waals surface area contributed by atoms with Crippen LogP contribution in [0.15, 0.2) is 34.0 Å². The molecule has 0 spiro atoms. The van der Waals surface area contributed by atoms with E-state index in [-0.39, 0.29) is 17.4 Å². The van der Waals surface area contributed by atoms with E-state index in [9.17, 15) is 9.59 Å². The highest BCUT2D eigenvalue weighted by Gasteiger charge is 2.29. The number of methoxy groups -OCH3 is 3. The molecule has 0 saturated carbocycles. The fourth-order valence-electron chi connectivity index (χ4n) is 3.85. The van der Waals surface area contributed by atoms with E-state index in [1.807, 2.05) is 24.5 Å². The Morgan fingerprint density at radius 2 is 1.83 bits per heavy atom. The minimum absolute atomic E-state index is 0.0619. The maximum atomic E-state index is 12.5. The minimum atomic E-state index is -0.228. The second kappa shape index (κ2) is 8.78. The van der Waals surface area contributed by atoms with Crippen LogP contribution in [0.3, 0.4) is 0 Å². The highest BCUT2D eigenvalue weighted by atomic mass is 32.2. The quantitative estimate of drug-likeness (QED) is 0.753. The Labute approximate surface area is 174 Å². The predicted octanol–water partition coefficient (Wildman–Crippen LogP) is 3.58. The van der Waals surface area contributed by atoms with Gasteiger partial charge >= 0.3 is 0 Å². The van der Waals surface area contributed by atoms with Crippen molar-refractivity contribution in [1.29, 1.82) is 0 Å². The van der Waals surface area contributed by atoms with Crippen LogP contribution in [-0.4, -0.2) is 33.5 Å². The maximum Gasteiger partial charge on any atom is 0.217 e. The van der Waals surface area contributed by atoms with Crippen molar-refractivity contribution in [2.45, 2.75) is 30.7 Å². The first kappa shape index (κ1) is 21.0. The van der Waals surface area contributed by atoms with E-state index in [0.717, 1.165) is 22.3 Å². The van der Waals surface area contributed by atoms with Gasteiger partial charge in [0.05, 0.1) is 32.3 Å². The number of aryl methyl sites for hydroxylation is 1. The Morgan fingerprint density at radius 3 is 2.41 bits per heavy atom. The van der Waals surface area contributed by atoms with Gasteiger partial charge in [-0.3, -0.25) is 9.59 Å². The van der Waals surface area contributed by atoms with E-state index in [1.165, 1.54) is 18.7 Å². The lowest BCUT2D eigenvalue weighted by atomic mass is 9.95. The zero-order valence-electron chi connectivity index (χ0n) is 17.3. The Morgan fingerprint density at radius 1 is 1.10 bits per heavy atom. The van der Waals surface area contributed by atoms with E-state index in [0.29, 0.717) is 35.0 Å². The number of benzene rings is 1. The average molecular weight is 416 g/mol. The van der Waals surface area contributed by atoms with Crippen LogP contribution in [0.25, 0.3) is 11.1 Å². The number of hydrogen-bond acceptors (Lipinski definition) is 6. The van der Waals surface area contributed by atoms with Crippen molar-refractivity contribution in [1.82, 2.24) is 5.32 Å². The number of nitrogens with one attached hydrogen (secondary N) is 1. The van der Waals surface area contributed by atoms with Gasteiger partial charge in [-0.1, -0.05) is 0 Å². The SMILES string of the molecule is COc1cc2c(c(OC)c1OC)-c1ccc(=O)c(SC)cc1C(NC(C)=O)CC2. The molecular formula is C22H25NO5S. The molecule has 1 N–H and O–H groups in total. The molecule has 2 aromatic carbocycles. The Bertz CT molecular complexity index is 1010. The molecule has 0 aromatic heterocycles. The number of thioether (sulfide) groups is 1. The normalized spacial score (nSPS) is 14.9. The van der Waals surface area contributed by atoms with Crippen LogP contribution in [0.1, 0.15) is 30.5 Å². The van der Waals surface area contributed by atoms with Gasteiger partial charge in [-0.05, 0) is 60.1 Å². The van der Waals surface area contributed by atoms with Gasteiger partial charge < -0.3 is 19.5 Å². The summed E-state index contributed by atoms with van der Waals surface area (Å²) in [5, 5.41) is 3.04. The van der Waals surface area contributed by atoms with Crippen molar-refractivity contribution in [3.05, 3.63) is 45.6 Å². The minimum Gasteiger partial charge on any atom is -0.493 e. The maximum absolute atomic E-state index is 12.5. The van der Waals surface area contributed by atoms with Gasteiger partial charge in [0.25, 0.3) is 0 Å². The first-order chi connectivity index (χ1) is 13.9. The lowest BCUT2D eigenvalue weighted by Crippen LogP contribution is -2.26. The third-order valence-electron chi connectivity index (χ3n) is 5.10. The van der Waals surface area contributed by atoms with Crippen LogP contribution in [0.4, 0.5) is 0 Å². The zero-order chi connectivity index (χ0) is 21.1. The number of carbonyl (C=O) groups excluding carboxylic acids is 1. The van der Waals surface area contributed by atoms with Gasteiger partial charge in [-0.2, -0.15) is 0 Å². The molecule has 1 amide bonds. The van der Waals surface area contributed by atoms with Crippen molar-refractivity contribution < 1.29 is 19.0 Å². The highest BCUT2D eigenvalue weighted by Crippen LogP contribution is 2.50. The fourth-order valence-corrected chi connectivity index (χ4v) is 4.37. The smallest absolute Gasteiger partial charge is 0.217 e. The molecule has 154 valence electrons. The van der Waals surface area contributed by atoms with E-state index >= 15 is 0 Å². The third-order valence-corrected chi connectivity index (χ3v) is 5.86. The zero-order valence-corrected chi connectivity index (χ0v) is 18.1. The standard InChI is InChI=1S/C22H25NO5S/c1-12(24)23-16-8-6-13-10-18(26-2)21(27-3)22(28-4)20(13)14-7-9-17(25)19(29-5)11-15(14)16/h7,9-11,16H,6,8H2,1-5H3,(H,23,24). The van der Waals surface area contributed by atoms with Crippen molar-refractivity contribution in [3.63, 3.8) is 0 Å². The Balaban J connectivity index is 2.42. The van der Waals surface area contributed by atoms with Crippen molar-refractivity contribution in [2.24, 2.45) is 0 Å². The lowest BCUT2D eigenvalue weighted by molar-refractivity contribution is -0.119. The monoisotopic (exact) mass is 415 g/mol. The number of carbonyl (C=O) groups is 1. The number of hydrogen-bond donors (Lipinski definition) is 1. The largest absolute Gasteiger partial charge is 0.493 e. The fraction of sp³-hybridized carbons (Fsp3) is 0.364. The summed E-state index contributed by atoms with van der Waals surface area (Å²) >= 11 is 1.39. The van der Waals surface area contributed by atoms with Crippen molar-refractivity contribution in [2.75, 3.05) is 27.6 Å². The summed E-state index contributed by atoms with van der Waals surface area (Å²) in [6, 6.07) is 6.98. The van der Waals surface area contributed by atoms with Gasteiger partial charge in [0.15, 0.2) is 16.9 Å². The molecule has 6 nitrogen and oxygen atoms in total. The summed E-state index contributed by atoms with van der Waals surface area (Å²) in [5.41, 5.74) is 3.53. The molecule has 0 aliphatic heterocycles. The molecule has 1 aliphatic rings. The Kier molecular flexibility index (Phi) is 6.37. The molecular weight excluding hydrogens is 390 g/mol. The first-order valence-corrected chi connectivity index (χ1v) is 10.5. The van der Waals surface area contributed by atoms with Gasteiger partial charge in [0, 0.05) is 12.5 Å². The molecule has 1 aliphatic carbocycles. The van der Waals surface area contributed by atoms with E-state index < -0.39 is 0 Å². The Hall–Kier alpha value is -2.67. The number of ether oxygens (including phenoxy) is 3. The van der Waals surface area contributed by atoms with E-state index in [4.69, 9.17) is 14.2 Å². The molecule has 1 unspecified atom stereocenters. The summed E-state index contributed by atoms with van der Waals surface area (Å²) in [4.78, 5) is 25.0. The van der Waals surface area contributed by atoms with Crippen LogP contribution < -0.4 is 25.0 Å². The van der Waals surface area contributed by atoms with Crippen LogP contribution >= 0.6 is 11.8 Å². The van der Waals surface area contributed by atoms with E-state index in [1.54, 1.807) is 27.4 Å². The van der Waals surface area contributed by atoms with Crippen molar-refractivity contribution >= 4 is 17.7 Å². The molecule has 2 aromatic rings. The predicted molar refractivity (Wildman–Crippen MR) is 114 cm³/mol. The number of rotatable bonds is 5. The van der Waals surface area contributed by atoms with Crippen molar-refractivity contribution in [3.8, 4) is 28.4 Å². The molecule has 7 heteroatoms. The molecule has 0 bridgehead atoms. The molecule has 0 radical (unpaired) electrons. The summed E-state index contributed by atoms with van der Waals surface area (Å²) in [6.45, 7) is 1.50. The van der Waals surface area contributed by atoms with E-state index in [2.05, 4.69) is 5.32 Å². The van der Waals surface area contributed by atoms with Crippen LogP contribution in [0, 0.1) is 0 Å². The van der Waals surface area contributed by atoms with Gasteiger partial charge in [0.2, 0.25) is 11.7 Å². The molecule has 0 heterocycles. The molecule has 1 atom stereocenters. The summed E-state index contributed by atoms with van der Waals surface area (Å²) in [7, 11) is 4.74.